The van der Waals surface area contributed by atoms with Crippen molar-refractivity contribution in [3.8, 4) is 11.4 Å². The molecule has 0 aliphatic heterocycles. The zero-order valence-corrected chi connectivity index (χ0v) is 17.4. The van der Waals surface area contributed by atoms with E-state index in [0.29, 0.717) is 11.0 Å². The molecule has 1 aromatic heterocycles. The van der Waals surface area contributed by atoms with Gasteiger partial charge in [-0.3, -0.25) is 14.7 Å². The first-order valence-electron chi connectivity index (χ1n) is 8.50. The second kappa shape index (κ2) is 9.11. The van der Waals surface area contributed by atoms with Crippen LogP contribution in [0.25, 0.3) is 5.69 Å². The third kappa shape index (κ3) is 4.66. The minimum Gasteiger partial charge on any atom is -0.497 e. The first-order valence-corrected chi connectivity index (χ1v) is 10.6. The van der Waals surface area contributed by atoms with Gasteiger partial charge in [0.25, 0.3) is 0 Å². The van der Waals surface area contributed by atoms with E-state index in [2.05, 4.69) is 10.2 Å². The van der Waals surface area contributed by atoms with Gasteiger partial charge in [0.15, 0.2) is 5.16 Å². The summed E-state index contributed by atoms with van der Waals surface area (Å²) in [5.41, 5.74) is 1.77. The number of rotatable bonds is 8. The molecule has 0 radical (unpaired) electrons. The molecule has 1 heterocycles. The van der Waals surface area contributed by atoms with Crippen molar-refractivity contribution in [3.63, 3.8) is 0 Å². The molecular formula is C19H20N4O3S2. The van der Waals surface area contributed by atoms with Crippen LogP contribution in [0.3, 0.4) is 0 Å². The number of aryl methyl sites for hydroxylation is 1. The van der Waals surface area contributed by atoms with Gasteiger partial charge in [0.1, 0.15) is 16.8 Å². The van der Waals surface area contributed by atoms with Crippen LogP contribution in [0.5, 0.6) is 5.75 Å². The van der Waals surface area contributed by atoms with Gasteiger partial charge in [-0.05, 0) is 55.1 Å². The van der Waals surface area contributed by atoms with E-state index in [0.717, 1.165) is 21.9 Å². The highest BCUT2D eigenvalue weighted by atomic mass is 32.2. The molecule has 2 aromatic carbocycles. The van der Waals surface area contributed by atoms with Crippen molar-refractivity contribution >= 4 is 23.5 Å². The summed E-state index contributed by atoms with van der Waals surface area (Å²) in [4.78, 5) is 12.1. The van der Waals surface area contributed by atoms with Gasteiger partial charge in [0.05, 0.1) is 7.11 Å². The minimum atomic E-state index is -0.369. The predicted octanol–water partition coefficient (Wildman–Crippen LogP) is 4.42. The summed E-state index contributed by atoms with van der Waals surface area (Å²) < 4.78 is 7.11. The molecule has 0 aliphatic rings. The SMILES string of the molecule is COc1ccc(-n2c(C)nnc2S[C@@H](C[N+](=O)[O-])c2ccc(SC)cc2)cc1. The molecule has 9 heteroatoms. The molecule has 0 bridgehead atoms. The Balaban J connectivity index is 1.93. The lowest BCUT2D eigenvalue weighted by molar-refractivity contribution is -0.479. The van der Waals surface area contributed by atoms with E-state index in [1.54, 1.807) is 18.9 Å². The lowest BCUT2D eigenvalue weighted by Crippen LogP contribution is -2.11. The summed E-state index contributed by atoms with van der Waals surface area (Å²) in [5.74, 6) is 1.47. The first-order chi connectivity index (χ1) is 13.5. The van der Waals surface area contributed by atoms with Crippen LogP contribution in [0.4, 0.5) is 0 Å². The summed E-state index contributed by atoms with van der Waals surface area (Å²) >= 11 is 2.98. The van der Waals surface area contributed by atoms with Crippen molar-refractivity contribution in [2.24, 2.45) is 0 Å². The van der Waals surface area contributed by atoms with Crippen LogP contribution in [-0.2, 0) is 0 Å². The van der Waals surface area contributed by atoms with Crippen molar-refractivity contribution in [1.82, 2.24) is 14.8 Å². The number of hydrogen-bond acceptors (Lipinski definition) is 7. The Morgan fingerprint density at radius 3 is 2.39 bits per heavy atom. The number of nitrogens with zero attached hydrogens (tertiary/aromatic N) is 4. The third-order valence-corrected chi connectivity index (χ3v) is 6.10. The maximum absolute atomic E-state index is 11.3. The van der Waals surface area contributed by atoms with Crippen molar-refractivity contribution in [1.29, 1.82) is 0 Å². The highest BCUT2D eigenvalue weighted by molar-refractivity contribution is 7.99. The van der Waals surface area contributed by atoms with Crippen LogP contribution in [0.1, 0.15) is 16.6 Å². The van der Waals surface area contributed by atoms with Crippen molar-refractivity contribution in [3.05, 3.63) is 70.0 Å². The molecular weight excluding hydrogens is 396 g/mol. The molecule has 28 heavy (non-hydrogen) atoms. The Morgan fingerprint density at radius 2 is 1.82 bits per heavy atom. The molecule has 0 aliphatic carbocycles. The Bertz CT molecular complexity index is 943. The molecule has 0 saturated carbocycles. The number of benzene rings is 2. The highest BCUT2D eigenvalue weighted by Gasteiger charge is 2.23. The molecule has 7 nitrogen and oxygen atoms in total. The molecule has 0 N–H and O–H groups in total. The van der Waals surface area contributed by atoms with Gasteiger partial charge in [-0.15, -0.1) is 22.0 Å². The molecule has 0 amide bonds. The number of nitro groups is 1. The maximum atomic E-state index is 11.3. The van der Waals surface area contributed by atoms with Gasteiger partial charge in [0.2, 0.25) is 6.54 Å². The summed E-state index contributed by atoms with van der Waals surface area (Å²) in [7, 11) is 1.62. The van der Waals surface area contributed by atoms with Crippen LogP contribution in [0, 0.1) is 17.0 Å². The molecule has 0 saturated heterocycles. The zero-order chi connectivity index (χ0) is 20.1. The van der Waals surface area contributed by atoms with Gasteiger partial charge in [-0.2, -0.15) is 0 Å². The largest absolute Gasteiger partial charge is 0.497 e. The van der Waals surface area contributed by atoms with Crippen LogP contribution in [0.15, 0.2) is 58.6 Å². The van der Waals surface area contributed by atoms with Crippen LogP contribution >= 0.6 is 23.5 Å². The second-order valence-corrected chi connectivity index (χ2v) is 8.01. The highest BCUT2D eigenvalue weighted by Crippen LogP contribution is 2.36. The van der Waals surface area contributed by atoms with Gasteiger partial charge in [-0.1, -0.05) is 23.9 Å². The standard InChI is InChI=1S/C19H20N4O3S2/c1-13-20-21-19(23(13)15-6-8-16(26-2)9-7-15)28-18(12-22(24)25)14-4-10-17(27-3)11-5-14/h4-11,18H,12H2,1-3H3/t18-/m0/s1. The van der Waals surface area contributed by atoms with E-state index in [1.165, 1.54) is 11.8 Å². The first kappa shape index (κ1) is 20.2. The summed E-state index contributed by atoms with van der Waals surface area (Å²) in [6, 6.07) is 15.4. The minimum absolute atomic E-state index is 0.197. The fraction of sp³-hybridized carbons (Fsp3) is 0.263. The molecule has 3 rings (SSSR count). The number of ether oxygens (including phenoxy) is 1. The van der Waals surface area contributed by atoms with Crippen LogP contribution in [0.2, 0.25) is 0 Å². The van der Waals surface area contributed by atoms with Crippen LogP contribution in [-0.4, -0.2) is 39.6 Å². The summed E-state index contributed by atoms with van der Waals surface area (Å²) in [5, 5.41) is 19.9. The molecule has 3 aromatic rings. The monoisotopic (exact) mass is 416 g/mol. The number of thioether (sulfide) groups is 2. The van der Waals surface area contributed by atoms with E-state index in [-0.39, 0.29) is 16.7 Å². The molecule has 146 valence electrons. The Labute approximate surface area is 171 Å². The van der Waals surface area contributed by atoms with E-state index in [1.807, 2.05) is 66.3 Å². The van der Waals surface area contributed by atoms with E-state index in [9.17, 15) is 10.1 Å². The Morgan fingerprint density at radius 1 is 1.14 bits per heavy atom. The third-order valence-electron chi connectivity index (χ3n) is 4.18. The van der Waals surface area contributed by atoms with Crippen LogP contribution < -0.4 is 4.74 Å². The fourth-order valence-corrected chi connectivity index (χ4v) is 4.32. The molecule has 0 unspecified atom stereocenters. The normalized spacial score (nSPS) is 12.0. The van der Waals surface area contributed by atoms with E-state index >= 15 is 0 Å². The maximum Gasteiger partial charge on any atom is 0.220 e. The smallest absolute Gasteiger partial charge is 0.220 e. The quantitative estimate of drug-likeness (QED) is 0.305. The van der Waals surface area contributed by atoms with E-state index in [4.69, 9.17) is 4.74 Å². The number of methoxy groups -OCH3 is 1. The second-order valence-electron chi connectivity index (χ2n) is 5.96. The van der Waals surface area contributed by atoms with E-state index < -0.39 is 0 Å². The lowest BCUT2D eigenvalue weighted by Gasteiger charge is -2.15. The number of aromatic nitrogens is 3. The molecule has 0 fully saturated rings. The van der Waals surface area contributed by atoms with Gasteiger partial charge in [0, 0.05) is 15.5 Å². The molecule has 0 spiro atoms. The topological polar surface area (TPSA) is 83.1 Å². The average molecular weight is 417 g/mol. The van der Waals surface area contributed by atoms with Crippen molar-refractivity contribution in [2.45, 2.75) is 22.2 Å². The zero-order valence-electron chi connectivity index (χ0n) is 15.7. The molecule has 1 atom stereocenters. The summed E-state index contributed by atoms with van der Waals surface area (Å²) in [6.07, 6.45) is 2.00. The van der Waals surface area contributed by atoms with Gasteiger partial charge < -0.3 is 4.74 Å². The van der Waals surface area contributed by atoms with Gasteiger partial charge in [-0.25, -0.2) is 0 Å². The summed E-state index contributed by atoms with van der Waals surface area (Å²) in [6.45, 7) is 1.66. The van der Waals surface area contributed by atoms with Crippen molar-refractivity contribution < 1.29 is 9.66 Å². The fourth-order valence-electron chi connectivity index (χ4n) is 2.74. The Kier molecular flexibility index (Phi) is 6.58. The number of hydrogen-bond donors (Lipinski definition) is 0. The lowest BCUT2D eigenvalue weighted by atomic mass is 10.1. The van der Waals surface area contributed by atoms with Crippen molar-refractivity contribution in [2.75, 3.05) is 19.9 Å². The predicted molar refractivity (Wildman–Crippen MR) is 111 cm³/mol. The Hall–Kier alpha value is -2.52. The van der Waals surface area contributed by atoms with Gasteiger partial charge >= 0.3 is 0 Å². The average Bonchev–Trinajstić information content (AvgIpc) is 3.07.